The van der Waals surface area contributed by atoms with Crippen LogP contribution < -0.4 is 5.32 Å². The summed E-state index contributed by atoms with van der Waals surface area (Å²) in [6.45, 7) is 4.16. The van der Waals surface area contributed by atoms with Gasteiger partial charge in [-0.05, 0) is 47.1 Å². The van der Waals surface area contributed by atoms with Gasteiger partial charge in [-0.2, -0.15) is 0 Å². The summed E-state index contributed by atoms with van der Waals surface area (Å²) >= 11 is 0. The maximum absolute atomic E-state index is 12.6. The quantitative estimate of drug-likeness (QED) is 0.466. The predicted octanol–water partition coefficient (Wildman–Crippen LogP) is 6.10. The molecule has 0 aliphatic heterocycles. The molecule has 1 amide bonds. The van der Waals surface area contributed by atoms with Crippen molar-refractivity contribution in [2.24, 2.45) is 0 Å². The Morgan fingerprint density at radius 1 is 0.933 bits per heavy atom. The molecule has 0 spiro atoms. The second-order valence-electron chi connectivity index (χ2n) is 7.72. The number of benzene rings is 3. The van der Waals surface area contributed by atoms with Gasteiger partial charge in [0.25, 0.3) is 0 Å². The summed E-state index contributed by atoms with van der Waals surface area (Å²) in [6.07, 6.45) is 3.96. The van der Waals surface area contributed by atoms with Crippen molar-refractivity contribution in [1.82, 2.24) is 5.32 Å². The molecule has 3 nitrogen and oxygen atoms in total. The molecule has 152 valence electrons. The molecule has 30 heavy (non-hydrogen) atoms. The third-order valence-electron chi connectivity index (χ3n) is 5.74. The number of rotatable bonds is 8. The minimum Gasteiger partial charge on any atom is -0.449 e. The van der Waals surface area contributed by atoms with Crippen molar-refractivity contribution in [2.75, 3.05) is 6.61 Å². The summed E-state index contributed by atoms with van der Waals surface area (Å²) in [5.41, 5.74) is 6.17. The Bertz CT molecular complexity index is 967. The van der Waals surface area contributed by atoms with Gasteiger partial charge in [0.15, 0.2) is 0 Å². The molecule has 1 aliphatic rings. The largest absolute Gasteiger partial charge is 0.449 e. The van der Waals surface area contributed by atoms with Crippen LogP contribution in [0.3, 0.4) is 0 Å². The minimum atomic E-state index is -0.364. The van der Waals surface area contributed by atoms with Crippen LogP contribution in [0.25, 0.3) is 11.1 Å². The molecule has 0 fully saturated rings. The van der Waals surface area contributed by atoms with Crippen LogP contribution in [-0.4, -0.2) is 18.7 Å². The number of aryl methyl sites for hydroxylation is 1. The van der Waals surface area contributed by atoms with Gasteiger partial charge in [-0.3, -0.25) is 0 Å². The number of amides is 1. The molecule has 3 aromatic rings. The topological polar surface area (TPSA) is 38.3 Å². The number of ether oxygens (including phenoxy) is 1. The van der Waals surface area contributed by atoms with Gasteiger partial charge in [-0.15, -0.1) is 6.58 Å². The van der Waals surface area contributed by atoms with Crippen molar-refractivity contribution in [3.8, 4) is 11.1 Å². The lowest BCUT2D eigenvalue weighted by Crippen LogP contribution is -2.36. The van der Waals surface area contributed by atoms with Crippen LogP contribution in [-0.2, 0) is 11.2 Å². The molecule has 1 N–H and O–H groups in total. The molecule has 0 bridgehead atoms. The van der Waals surface area contributed by atoms with Crippen LogP contribution >= 0.6 is 0 Å². The number of alkyl carbamates (subject to hydrolysis) is 1. The van der Waals surface area contributed by atoms with Crippen LogP contribution in [0.1, 0.15) is 35.4 Å². The average Bonchev–Trinajstić information content (AvgIpc) is 3.11. The van der Waals surface area contributed by atoms with Gasteiger partial charge in [0.2, 0.25) is 0 Å². The lowest BCUT2D eigenvalue weighted by molar-refractivity contribution is 0.138. The fourth-order valence-corrected chi connectivity index (χ4v) is 4.24. The monoisotopic (exact) mass is 397 g/mol. The number of carbonyl (C=O) groups is 1. The zero-order valence-electron chi connectivity index (χ0n) is 17.1. The Hall–Kier alpha value is -3.33. The van der Waals surface area contributed by atoms with E-state index in [1.54, 1.807) is 0 Å². The number of carbonyl (C=O) groups excluding carboxylic acids is 1. The third kappa shape index (κ3) is 4.46. The first-order valence-electron chi connectivity index (χ1n) is 10.5. The summed E-state index contributed by atoms with van der Waals surface area (Å²) in [6, 6.07) is 27.0. The maximum atomic E-state index is 12.6. The van der Waals surface area contributed by atoms with E-state index in [0.717, 1.165) is 19.3 Å². The first-order chi connectivity index (χ1) is 14.8. The van der Waals surface area contributed by atoms with Gasteiger partial charge in [-0.25, -0.2) is 4.79 Å². The Kier molecular flexibility index (Phi) is 6.29. The summed E-state index contributed by atoms with van der Waals surface area (Å²) in [5, 5.41) is 3.03. The Labute approximate surface area is 178 Å². The Morgan fingerprint density at radius 2 is 1.53 bits per heavy atom. The number of fused-ring (bicyclic) bond motifs is 3. The van der Waals surface area contributed by atoms with Crippen molar-refractivity contribution in [3.63, 3.8) is 0 Å². The molecule has 0 aromatic heterocycles. The zero-order valence-corrected chi connectivity index (χ0v) is 17.1. The predicted molar refractivity (Wildman–Crippen MR) is 122 cm³/mol. The van der Waals surface area contributed by atoms with Gasteiger partial charge in [0.1, 0.15) is 6.61 Å². The van der Waals surface area contributed by atoms with E-state index in [-0.39, 0.29) is 18.1 Å². The first kappa shape index (κ1) is 20.0. The van der Waals surface area contributed by atoms with Crippen LogP contribution in [0.4, 0.5) is 4.79 Å². The summed E-state index contributed by atoms with van der Waals surface area (Å²) < 4.78 is 5.68. The number of hydrogen-bond donors (Lipinski definition) is 1. The highest BCUT2D eigenvalue weighted by atomic mass is 16.5. The van der Waals surface area contributed by atoms with Gasteiger partial charge >= 0.3 is 6.09 Å². The van der Waals surface area contributed by atoms with E-state index in [1.165, 1.54) is 27.8 Å². The van der Waals surface area contributed by atoms with Crippen molar-refractivity contribution < 1.29 is 9.53 Å². The minimum absolute atomic E-state index is 0.0124. The first-order valence-corrected chi connectivity index (χ1v) is 10.5. The summed E-state index contributed by atoms with van der Waals surface area (Å²) in [5.74, 6) is 0.0744. The van der Waals surface area contributed by atoms with Crippen molar-refractivity contribution in [2.45, 2.75) is 31.2 Å². The van der Waals surface area contributed by atoms with Crippen LogP contribution in [0, 0.1) is 0 Å². The van der Waals surface area contributed by atoms with Gasteiger partial charge in [-0.1, -0.05) is 84.9 Å². The normalized spacial score (nSPS) is 13.2. The second kappa shape index (κ2) is 9.45. The fraction of sp³-hybridized carbons (Fsp3) is 0.222. The van der Waals surface area contributed by atoms with Crippen LogP contribution in [0.5, 0.6) is 0 Å². The third-order valence-corrected chi connectivity index (χ3v) is 5.74. The van der Waals surface area contributed by atoms with E-state index in [2.05, 4.69) is 60.4 Å². The Balaban J connectivity index is 1.37. The lowest BCUT2D eigenvalue weighted by Gasteiger charge is -2.19. The standard InChI is InChI=1S/C27H27NO2/c1-2-10-21(18-17-20-11-4-3-5-12-20)28-27(29)30-19-26-24-15-8-6-13-22(24)23-14-7-9-16-25(23)26/h2-9,11-16,21,26H,1,10,17-19H2,(H,28,29)/t21-/m1/s1. The number of nitrogens with one attached hydrogen (secondary N) is 1. The number of hydrogen-bond acceptors (Lipinski definition) is 2. The Morgan fingerprint density at radius 3 is 2.17 bits per heavy atom. The fourth-order valence-electron chi connectivity index (χ4n) is 4.24. The van der Waals surface area contributed by atoms with Gasteiger partial charge in [0, 0.05) is 12.0 Å². The van der Waals surface area contributed by atoms with E-state index in [1.807, 2.05) is 36.4 Å². The molecule has 3 heteroatoms. The van der Waals surface area contributed by atoms with E-state index >= 15 is 0 Å². The molecule has 0 radical (unpaired) electrons. The molecule has 0 heterocycles. The molecule has 1 aliphatic carbocycles. The molecule has 3 aromatic carbocycles. The van der Waals surface area contributed by atoms with Crippen LogP contribution in [0.15, 0.2) is 91.5 Å². The summed E-state index contributed by atoms with van der Waals surface area (Å²) in [7, 11) is 0. The highest BCUT2D eigenvalue weighted by molar-refractivity contribution is 5.79. The molecule has 4 rings (SSSR count). The molecule has 1 atom stereocenters. The van der Waals surface area contributed by atoms with Crippen molar-refractivity contribution >= 4 is 6.09 Å². The second-order valence-corrected chi connectivity index (χ2v) is 7.72. The molecule has 0 unspecified atom stereocenters. The van der Waals surface area contributed by atoms with Gasteiger partial charge in [0.05, 0.1) is 0 Å². The van der Waals surface area contributed by atoms with Crippen LogP contribution in [0.2, 0.25) is 0 Å². The van der Waals surface area contributed by atoms with Crippen molar-refractivity contribution in [1.29, 1.82) is 0 Å². The highest BCUT2D eigenvalue weighted by Gasteiger charge is 2.29. The highest BCUT2D eigenvalue weighted by Crippen LogP contribution is 2.44. The molecular weight excluding hydrogens is 370 g/mol. The zero-order chi connectivity index (χ0) is 20.8. The van der Waals surface area contributed by atoms with E-state index < -0.39 is 0 Å². The molecular formula is C27H27NO2. The molecule has 0 saturated heterocycles. The molecule has 0 saturated carbocycles. The van der Waals surface area contributed by atoms with Gasteiger partial charge < -0.3 is 10.1 Å². The van der Waals surface area contributed by atoms with Crippen molar-refractivity contribution in [3.05, 3.63) is 108 Å². The van der Waals surface area contributed by atoms with E-state index in [0.29, 0.717) is 6.61 Å². The smallest absolute Gasteiger partial charge is 0.407 e. The van der Waals surface area contributed by atoms with E-state index in [9.17, 15) is 4.79 Å². The van der Waals surface area contributed by atoms with E-state index in [4.69, 9.17) is 4.74 Å². The maximum Gasteiger partial charge on any atom is 0.407 e. The average molecular weight is 398 g/mol. The lowest BCUT2D eigenvalue weighted by atomic mass is 9.98. The SMILES string of the molecule is C=CC[C@H](CCc1ccccc1)NC(=O)OCC1c2ccccc2-c2ccccc21. The summed E-state index contributed by atoms with van der Waals surface area (Å²) in [4.78, 5) is 12.6.